The van der Waals surface area contributed by atoms with Crippen molar-refractivity contribution in [2.24, 2.45) is 0 Å². The lowest BCUT2D eigenvalue weighted by Gasteiger charge is -2.09. The van der Waals surface area contributed by atoms with Crippen LogP contribution < -0.4 is 10.1 Å². The number of carbonyl (C=O) groups excluding carboxylic acids is 1. The van der Waals surface area contributed by atoms with Crippen LogP contribution in [-0.4, -0.2) is 28.7 Å². The number of amides is 1. The Kier molecular flexibility index (Phi) is 5.57. The summed E-state index contributed by atoms with van der Waals surface area (Å²) in [6, 6.07) is 3.00. The lowest BCUT2D eigenvalue weighted by Crippen LogP contribution is -2.24. The summed E-state index contributed by atoms with van der Waals surface area (Å²) in [7, 11) is 0. The summed E-state index contributed by atoms with van der Waals surface area (Å²) in [5.41, 5.74) is 0.196. The van der Waals surface area contributed by atoms with E-state index in [0.717, 1.165) is 0 Å². The van der Waals surface area contributed by atoms with Crippen molar-refractivity contribution in [3.8, 4) is 11.5 Å². The van der Waals surface area contributed by atoms with Crippen molar-refractivity contribution >= 4 is 33.9 Å². The Labute approximate surface area is 124 Å². The van der Waals surface area contributed by atoms with Gasteiger partial charge in [0.15, 0.2) is 11.5 Å². The molecule has 3 N–H and O–H groups in total. The number of aromatic hydroxyl groups is 1. The molecule has 7 heteroatoms. The molecule has 6 nitrogen and oxygen atoms in total. The lowest BCUT2D eigenvalue weighted by molar-refractivity contribution is -0.134. The number of carboxylic acid groups (broad SMARTS) is 1. The van der Waals surface area contributed by atoms with E-state index in [0.29, 0.717) is 16.6 Å². The highest BCUT2D eigenvalue weighted by molar-refractivity contribution is 9.10. The summed E-state index contributed by atoms with van der Waals surface area (Å²) < 4.78 is 5.60. The third kappa shape index (κ3) is 4.27. The maximum Gasteiger partial charge on any atom is 0.352 e. The Balaban J connectivity index is 3.23. The molecule has 0 atom stereocenters. The van der Waals surface area contributed by atoms with Gasteiger partial charge in [-0.3, -0.25) is 4.79 Å². The number of nitrogens with one attached hydrogen (secondary N) is 1. The molecule has 0 fully saturated rings. The minimum atomic E-state index is -1.26. The molecule has 20 heavy (non-hydrogen) atoms. The smallest absolute Gasteiger partial charge is 0.352 e. The van der Waals surface area contributed by atoms with Crippen LogP contribution in [0.2, 0.25) is 0 Å². The van der Waals surface area contributed by atoms with Crippen molar-refractivity contribution < 1.29 is 24.5 Å². The van der Waals surface area contributed by atoms with Gasteiger partial charge in [0.05, 0.1) is 11.1 Å². The topological polar surface area (TPSA) is 95.9 Å². The quantitative estimate of drug-likeness (QED) is 0.711. The maximum atomic E-state index is 11.0. The molecular formula is C13H14BrNO5. The van der Waals surface area contributed by atoms with Crippen molar-refractivity contribution in [1.82, 2.24) is 5.32 Å². The Morgan fingerprint density at radius 2 is 2.10 bits per heavy atom. The predicted octanol–water partition coefficient (Wildman–Crippen LogP) is 2.11. The van der Waals surface area contributed by atoms with Gasteiger partial charge < -0.3 is 20.3 Å². The van der Waals surface area contributed by atoms with Crippen LogP contribution in [0.3, 0.4) is 0 Å². The van der Waals surface area contributed by atoms with E-state index in [1.165, 1.54) is 25.1 Å². The van der Waals surface area contributed by atoms with Crippen LogP contribution in [0.15, 0.2) is 22.3 Å². The van der Waals surface area contributed by atoms with E-state index in [9.17, 15) is 14.7 Å². The minimum absolute atomic E-state index is 0.0691. The van der Waals surface area contributed by atoms with E-state index in [-0.39, 0.29) is 17.2 Å². The van der Waals surface area contributed by atoms with Crippen molar-refractivity contribution in [3.63, 3.8) is 0 Å². The van der Waals surface area contributed by atoms with Crippen LogP contribution in [0.1, 0.15) is 19.4 Å². The first kappa shape index (κ1) is 16.0. The number of hydrogen-bond donors (Lipinski definition) is 3. The van der Waals surface area contributed by atoms with Gasteiger partial charge in [-0.05, 0) is 46.6 Å². The molecule has 1 aromatic rings. The van der Waals surface area contributed by atoms with E-state index in [4.69, 9.17) is 9.84 Å². The molecule has 0 aliphatic rings. The summed E-state index contributed by atoms with van der Waals surface area (Å²) in [6.07, 6.45) is 1.27. The molecule has 108 valence electrons. The van der Waals surface area contributed by atoms with Gasteiger partial charge in [0, 0.05) is 6.92 Å². The van der Waals surface area contributed by atoms with E-state index in [1.54, 1.807) is 6.92 Å². The largest absolute Gasteiger partial charge is 0.503 e. The number of phenols is 1. The average molecular weight is 344 g/mol. The van der Waals surface area contributed by atoms with Gasteiger partial charge in [-0.1, -0.05) is 0 Å². The van der Waals surface area contributed by atoms with Crippen LogP contribution >= 0.6 is 15.9 Å². The molecule has 1 amide bonds. The number of carbonyl (C=O) groups is 2. The molecule has 0 saturated carbocycles. The number of phenolic OH excluding ortho intramolecular Hbond substituents is 1. The third-order valence-corrected chi connectivity index (χ3v) is 2.81. The molecule has 0 saturated heterocycles. The standard InChI is InChI=1S/C13H14BrNO5/c1-3-20-11-6-8(4-9(14)12(11)17)5-10(13(18)19)15-7(2)16/h4-6,17H,3H2,1-2H3,(H,15,16)(H,18,19). The van der Waals surface area contributed by atoms with E-state index in [1.807, 2.05) is 0 Å². The molecule has 0 bridgehead atoms. The molecule has 1 aromatic carbocycles. The number of ether oxygens (including phenoxy) is 1. The first-order chi connectivity index (χ1) is 9.35. The third-order valence-electron chi connectivity index (χ3n) is 2.20. The highest BCUT2D eigenvalue weighted by atomic mass is 79.9. The van der Waals surface area contributed by atoms with Crippen LogP contribution in [-0.2, 0) is 9.59 Å². The molecule has 0 radical (unpaired) electrons. The number of rotatable bonds is 5. The van der Waals surface area contributed by atoms with Crippen LogP contribution in [0.25, 0.3) is 6.08 Å². The SMILES string of the molecule is CCOc1cc(C=C(NC(C)=O)C(=O)O)cc(Br)c1O. The van der Waals surface area contributed by atoms with Gasteiger partial charge in [0.1, 0.15) is 5.70 Å². The van der Waals surface area contributed by atoms with Gasteiger partial charge in [0.25, 0.3) is 0 Å². The summed E-state index contributed by atoms with van der Waals surface area (Å²) >= 11 is 3.15. The molecule has 1 rings (SSSR count). The molecule has 0 spiro atoms. The van der Waals surface area contributed by atoms with Gasteiger partial charge >= 0.3 is 5.97 Å². The number of hydrogen-bond acceptors (Lipinski definition) is 4. The molecule has 0 unspecified atom stereocenters. The lowest BCUT2D eigenvalue weighted by atomic mass is 10.1. The van der Waals surface area contributed by atoms with Crippen LogP contribution in [0.4, 0.5) is 0 Å². The fourth-order valence-corrected chi connectivity index (χ4v) is 1.91. The summed E-state index contributed by atoms with van der Waals surface area (Å²) in [5.74, 6) is -1.59. The molecule has 0 aromatic heterocycles. The van der Waals surface area contributed by atoms with E-state index in [2.05, 4.69) is 21.2 Å². The Morgan fingerprint density at radius 3 is 2.60 bits per heavy atom. The van der Waals surface area contributed by atoms with Crippen molar-refractivity contribution in [2.45, 2.75) is 13.8 Å². The zero-order valence-corrected chi connectivity index (χ0v) is 12.5. The van der Waals surface area contributed by atoms with Crippen molar-refractivity contribution in [2.75, 3.05) is 6.61 Å². The zero-order valence-electron chi connectivity index (χ0n) is 10.9. The van der Waals surface area contributed by atoms with Gasteiger partial charge in [-0.15, -0.1) is 0 Å². The first-order valence-corrected chi connectivity index (χ1v) is 6.52. The van der Waals surface area contributed by atoms with Gasteiger partial charge in [0.2, 0.25) is 5.91 Å². The van der Waals surface area contributed by atoms with Gasteiger partial charge in [-0.2, -0.15) is 0 Å². The summed E-state index contributed by atoms with van der Waals surface area (Å²) in [6.45, 7) is 3.33. The predicted molar refractivity (Wildman–Crippen MR) is 76.4 cm³/mol. The highest BCUT2D eigenvalue weighted by Gasteiger charge is 2.12. The fraction of sp³-hybridized carbons (Fsp3) is 0.231. The van der Waals surface area contributed by atoms with E-state index < -0.39 is 11.9 Å². The molecular weight excluding hydrogens is 330 g/mol. The fourth-order valence-electron chi connectivity index (χ4n) is 1.45. The monoisotopic (exact) mass is 343 g/mol. The summed E-state index contributed by atoms with van der Waals surface area (Å²) in [4.78, 5) is 22.0. The van der Waals surface area contributed by atoms with Crippen molar-refractivity contribution in [3.05, 3.63) is 27.9 Å². The number of halogens is 1. The Bertz CT molecular complexity index is 568. The minimum Gasteiger partial charge on any atom is -0.503 e. The number of carboxylic acids is 1. The van der Waals surface area contributed by atoms with Crippen molar-refractivity contribution in [1.29, 1.82) is 0 Å². The van der Waals surface area contributed by atoms with E-state index >= 15 is 0 Å². The Hall–Kier alpha value is -2.02. The second kappa shape index (κ2) is 6.95. The normalized spacial score (nSPS) is 11.1. The molecule has 0 aliphatic heterocycles. The van der Waals surface area contributed by atoms with Gasteiger partial charge in [-0.25, -0.2) is 4.79 Å². The second-order valence-electron chi connectivity index (χ2n) is 3.83. The van der Waals surface area contributed by atoms with Crippen LogP contribution in [0.5, 0.6) is 11.5 Å². The number of benzene rings is 1. The maximum absolute atomic E-state index is 11.0. The summed E-state index contributed by atoms with van der Waals surface area (Å²) in [5, 5.41) is 21.0. The first-order valence-electron chi connectivity index (χ1n) is 5.73. The zero-order chi connectivity index (χ0) is 15.3. The number of aliphatic carboxylic acids is 1. The van der Waals surface area contributed by atoms with Crippen LogP contribution in [0, 0.1) is 0 Å². The second-order valence-corrected chi connectivity index (χ2v) is 4.68. The Morgan fingerprint density at radius 1 is 1.45 bits per heavy atom. The average Bonchev–Trinajstić information content (AvgIpc) is 2.34. The molecule has 0 heterocycles. The molecule has 0 aliphatic carbocycles. The highest BCUT2D eigenvalue weighted by Crippen LogP contribution is 2.36.